The van der Waals surface area contributed by atoms with Crippen molar-refractivity contribution >= 4 is 11.5 Å². The molecule has 8 nitrogen and oxygen atoms in total. The van der Waals surface area contributed by atoms with Crippen LogP contribution in [0.15, 0.2) is 42.4 Å². The van der Waals surface area contributed by atoms with E-state index in [9.17, 15) is 22.0 Å². The van der Waals surface area contributed by atoms with Crippen molar-refractivity contribution in [3.05, 3.63) is 70.3 Å². The molecule has 1 aliphatic rings. The van der Waals surface area contributed by atoms with Gasteiger partial charge in [-0.2, -0.15) is 18.2 Å². The molecule has 0 spiro atoms. The van der Waals surface area contributed by atoms with Gasteiger partial charge in [-0.1, -0.05) is 38.1 Å². The number of methoxy groups -OCH3 is 1. The van der Waals surface area contributed by atoms with Crippen molar-refractivity contribution in [2.45, 2.75) is 52.3 Å². The van der Waals surface area contributed by atoms with Crippen LogP contribution in [0.3, 0.4) is 0 Å². The van der Waals surface area contributed by atoms with Crippen LogP contribution < -0.4 is 56.1 Å². The average Bonchev–Trinajstić information content (AvgIpc) is 3.71. The Morgan fingerprint density at radius 2 is 1.79 bits per heavy atom. The van der Waals surface area contributed by atoms with E-state index in [2.05, 4.69) is 20.3 Å². The van der Waals surface area contributed by atoms with E-state index in [1.807, 2.05) is 13.8 Å². The molecule has 1 saturated carbocycles. The second-order valence-corrected chi connectivity index (χ2v) is 8.95. The second kappa shape index (κ2) is 15.9. The fourth-order valence-electron chi connectivity index (χ4n) is 4.01. The molecule has 3 aromatic rings. The fraction of sp³-hybridized carbons (Fsp3) is 0.429. The van der Waals surface area contributed by atoms with Crippen LogP contribution in [0, 0.1) is 11.3 Å². The Morgan fingerprint density at radius 1 is 1.14 bits per heavy atom. The van der Waals surface area contributed by atoms with Crippen molar-refractivity contribution in [1.82, 2.24) is 19.5 Å². The zero-order valence-corrected chi connectivity index (χ0v) is 27.5. The zero-order chi connectivity index (χ0) is 30.3. The van der Waals surface area contributed by atoms with Gasteiger partial charge in [0.15, 0.2) is 11.5 Å². The Kier molecular flexibility index (Phi) is 13.5. The Morgan fingerprint density at radius 3 is 2.29 bits per heavy atom. The third-order valence-electron chi connectivity index (χ3n) is 6.07. The van der Waals surface area contributed by atoms with Crippen LogP contribution in [-0.4, -0.2) is 46.0 Å². The summed E-state index contributed by atoms with van der Waals surface area (Å²) in [4.78, 5) is 12.3. The quantitative estimate of drug-likeness (QED) is 0.160. The van der Waals surface area contributed by atoms with Gasteiger partial charge in [0.1, 0.15) is 12.4 Å². The van der Waals surface area contributed by atoms with Crippen molar-refractivity contribution in [2.75, 3.05) is 14.2 Å². The van der Waals surface area contributed by atoms with Crippen molar-refractivity contribution in [3.8, 4) is 17.3 Å². The number of allylic oxidation sites excluding steroid dienone is 1. The molecule has 0 saturated heterocycles. The third kappa shape index (κ3) is 9.05. The summed E-state index contributed by atoms with van der Waals surface area (Å²) in [5.41, 5.74) is 1.05. The number of alkyl halides is 5. The number of aryl methyl sites for hydroxylation is 1. The van der Waals surface area contributed by atoms with Gasteiger partial charge in [-0.05, 0) is 24.3 Å². The van der Waals surface area contributed by atoms with Crippen molar-refractivity contribution in [2.24, 2.45) is 13.0 Å². The first-order chi connectivity index (χ1) is 19.5. The van der Waals surface area contributed by atoms with Gasteiger partial charge < -0.3 is 19.4 Å². The van der Waals surface area contributed by atoms with Crippen LogP contribution in [0.5, 0.6) is 5.88 Å². The molecule has 1 aliphatic carbocycles. The van der Waals surface area contributed by atoms with Crippen molar-refractivity contribution in [3.63, 3.8) is 0 Å². The first-order valence-electron chi connectivity index (χ1n) is 13.0. The molecule has 14 heteroatoms. The molecular weight excluding hydrogens is 586 g/mol. The van der Waals surface area contributed by atoms with E-state index in [1.165, 1.54) is 24.9 Å². The summed E-state index contributed by atoms with van der Waals surface area (Å²) in [6.45, 7) is 3.94. The first kappa shape index (κ1) is 35.8. The van der Waals surface area contributed by atoms with Gasteiger partial charge in [-0.25, -0.2) is 18.7 Å². The SMILES string of the molecule is CC.C[N-]/C(=C(\C(=N)OC)c1ncc(CC(F)F)c(OCc2ccc(-c3nc(C(F)(F)F)cn3C)cc2)n1)C1CC1.[K+]. The maximum Gasteiger partial charge on any atom is 1.00 e. The largest absolute Gasteiger partial charge is 1.00 e. The molecule has 1 aromatic carbocycles. The molecule has 1 N–H and O–H groups in total. The Balaban J connectivity index is 0.00000201. The average molecular weight is 619 g/mol. The molecule has 2 heterocycles. The van der Waals surface area contributed by atoms with Gasteiger partial charge >= 0.3 is 57.6 Å². The molecule has 0 radical (unpaired) electrons. The van der Waals surface area contributed by atoms with E-state index in [0.717, 1.165) is 19.0 Å². The predicted molar refractivity (Wildman–Crippen MR) is 145 cm³/mol. The minimum absolute atomic E-state index is 0. The number of aromatic nitrogens is 4. The maximum atomic E-state index is 13.2. The molecule has 42 heavy (non-hydrogen) atoms. The van der Waals surface area contributed by atoms with E-state index in [0.29, 0.717) is 16.8 Å². The van der Waals surface area contributed by atoms with Gasteiger partial charge in [0.25, 0.3) is 0 Å². The number of rotatable bonds is 10. The molecule has 0 unspecified atom stereocenters. The smallest absolute Gasteiger partial charge is 0.689 e. The predicted octanol–water partition coefficient (Wildman–Crippen LogP) is 4.06. The normalized spacial score (nSPS) is 13.4. The molecule has 0 bridgehead atoms. The number of imidazole rings is 1. The molecule has 2 aromatic heterocycles. The van der Waals surface area contributed by atoms with Crippen molar-refractivity contribution < 1.29 is 82.8 Å². The second-order valence-electron chi connectivity index (χ2n) is 8.95. The maximum absolute atomic E-state index is 13.2. The summed E-state index contributed by atoms with van der Waals surface area (Å²) in [5.74, 6) is 0.0818. The van der Waals surface area contributed by atoms with Crippen LogP contribution in [0.25, 0.3) is 22.3 Å². The molecule has 4 rings (SSSR count). The molecule has 0 aliphatic heterocycles. The first-order valence-corrected chi connectivity index (χ1v) is 13.0. The summed E-state index contributed by atoms with van der Waals surface area (Å²) in [6, 6.07) is 6.47. The fourth-order valence-corrected chi connectivity index (χ4v) is 4.01. The Bertz CT molecular complexity index is 1370. The zero-order valence-electron chi connectivity index (χ0n) is 24.4. The summed E-state index contributed by atoms with van der Waals surface area (Å²) >= 11 is 0. The Labute approximate surface area is 284 Å². The van der Waals surface area contributed by atoms with Gasteiger partial charge in [0.2, 0.25) is 18.2 Å². The number of benzene rings is 1. The molecule has 1 fully saturated rings. The number of nitrogens with one attached hydrogen (secondary N) is 1. The van der Waals surface area contributed by atoms with Crippen LogP contribution in [-0.2, 0) is 31.0 Å². The van der Waals surface area contributed by atoms with Gasteiger partial charge in [0.05, 0.1) is 12.7 Å². The molecule has 222 valence electrons. The summed E-state index contributed by atoms with van der Waals surface area (Å²) in [6.07, 6.45) is -3.91. The van der Waals surface area contributed by atoms with E-state index < -0.39 is 24.7 Å². The summed E-state index contributed by atoms with van der Waals surface area (Å²) in [7, 11) is 4.40. The topological polar surface area (TPSA) is 100 Å². The minimum atomic E-state index is -4.56. The molecule has 0 atom stereocenters. The number of halogens is 5. The number of nitrogens with zero attached hydrogens (tertiary/aromatic N) is 5. The summed E-state index contributed by atoms with van der Waals surface area (Å²) in [5, 5.41) is 12.5. The molecule has 0 amide bonds. The number of hydrogen-bond donors (Lipinski definition) is 1. The van der Waals surface area contributed by atoms with Gasteiger partial charge in [-0.15, -0.1) is 12.7 Å². The molecular formula is C28H32F5KN6O2. The summed E-state index contributed by atoms with van der Waals surface area (Å²) < 4.78 is 77.7. The van der Waals surface area contributed by atoms with Crippen LogP contribution in [0.4, 0.5) is 22.0 Å². The van der Waals surface area contributed by atoms with Gasteiger partial charge in [-0.3, -0.25) is 5.41 Å². The number of hydrogen-bond acceptors (Lipinski definition) is 6. The van der Waals surface area contributed by atoms with Crippen LogP contribution in [0.2, 0.25) is 0 Å². The van der Waals surface area contributed by atoms with E-state index in [-0.39, 0.29) is 98.5 Å². The van der Waals surface area contributed by atoms with E-state index in [1.54, 1.807) is 31.3 Å². The van der Waals surface area contributed by atoms with E-state index >= 15 is 0 Å². The monoisotopic (exact) mass is 618 g/mol. The van der Waals surface area contributed by atoms with Crippen molar-refractivity contribution in [1.29, 1.82) is 5.41 Å². The van der Waals surface area contributed by atoms with Crippen LogP contribution >= 0.6 is 0 Å². The van der Waals surface area contributed by atoms with E-state index in [4.69, 9.17) is 14.9 Å². The standard InChI is InChI=1S/C26H26F5N6O2.C2H6.K/c1-33-21(15-8-9-15)20(22(32)38-3)23-34-11-17(10-19(27)28)25(36-23)39-13-14-4-6-16(7-5-14)24-35-18(12-37(24)2)26(29,30)31;1-2;/h4-7,11-12,15,19,32H,8-10,13H2,1-3H3;1-2H3;/q-1;;+1/b21-20+,32-22?;;. The third-order valence-corrected chi connectivity index (χ3v) is 6.07. The van der Waals surface area contributed by atoms with Crippen LogP contribution in [0.1, 0.15) is 49.3 Å². The minimum Gasteiger partial charge on any atom is -0.689 e. The Hall–Kier alpha value is -2.39. The van der Waals surface area contributed by atoms with Gasteiger partial charge in [0, 0.05) is 37.0 Å². The number of ether oxygens (including phenoxy) is 2.